The zero-order chi connectivity index (χ0) is 29.1. The molecule has 2 heterocycles. The number of fused-ring (bicyclic) bond motifs is 3. The lowest BCUT2D eigenvalue weighted by Gasteiger charge is -2.19. The zero-order valence-corrected chi connectivity index (χ0v) is 24.6. The summed E-state index contributed by atoms with van der Waals surface area (Å²) in [6.07, 6.45) is 0. The fourth-order valence-electron chi connectivity index (χ4n) is 4.74. The van der Waals surface area contributed by atoms with E-state index in [1.165, 1.54) is 23.9 Å². The highest BCUT2D eigenvalue weighted by Gasteiger charge is 2.27. The number of rotatable bonds is 8. The topological polar surface area (TPSA) is 94.6 Å². The molecule has 0 radical (unpaired) electrons. The number of carbonyl (C=O) groups excluding carboxylic acids is 1. The van der Waals surface area contributed by atoms with E-state index in [4.69, 9.17) is 21.1 Å². The van der Waals surface area contributed by atoms with Gasteiger partial charge in [0.15, 0.2) is 0 Å². The van der Waals surface area contributed by atoms with Gasteiger partial charge < -0.3 is 9.47 Å². The molecular formula is C32H25ClN2O5S2. The quantitative estimate of drug-likeness (QED) is 0.208. The molecule has 1 atom stereocenters. The van der Waals surface area contributed by atoms with E-state index in [9.17, 15) is 13.2 Å². The van der Waals surface area contributed by atoms with Gasteiger partial charge in [-0.05, 0) is 59.7 Å². The number of amides is 1. The molecular weight excluding hydrogens is 592 g/mol. The lowest BCUT2D eigenvalue weighted by atomic mass is 10.00. The summed E-state index contributed by atoms with van der Waals surface area (Å²) < 4.78 is 39.8. The standard InChI is InChI=1S/C32H25ClN2O5S2/c33-23-12-10-21-11-13-24(34-29(21)16-23)19-39-25-14-15-30-28(17-25)32(27-9-5-4-6-22(27)18-40-30)41-20-31(36)35-42(37,38)26-7-2-1-3-8-26/h1-17,32H,18-20H2,(H,35,36). The summed E-state index contributed by atoms with van der Waals surface area (Å²) in [4.78, 5) is 17.5. The summed E-state index contributed by atoms with van der Waals surface area (Å²) in [5, 5.41) is 1.31. The number of hydrogen-bond acceptors (Lipinski definition) is 7. The lowest BCUT2D eigenvalue weighted by molar-refractivity contribution is -0.116. The summed E-state index contributed by atoms with van der Waals surface area (Å²) in [6.45, 7) is 0.620. The predicted molar refractivity (Wildman–Crippen MR) is 164 cm³/mol. The van der Waals surface area contributed by atoms with Gasteiger partial charge in [0.2, 0.25) is 5.91 Å². The van der Waals surface area contributed by atoms with Crippen molar-refractivity contribution >= 4 is 50.2 Å². The second-order valence-electron chi connectivity index (χ2n) is 9.65. The fourth-order valence-corrected chi connectivity index (χ4v) is 7.17. The van der Waals surface area contributed by atoms with E-state index in [0.29, 0.717) is 23.1 Å². The maximum atomic E-state index is 12.8. The van der Waals surface area contributed by atoms with Gasteiger partial charge in [0.05, 0.1) is 27.1 Å². The van der Waals surface area contributed by atoms with Gasteiger partial charge in [-0.1, -0.05) is 66.2 Å². The van der Waals surface area contributed by atoms with Gasteiger partial charge in [-0.15, -0.1) is 11.8 Å². The highest BCUT2D eigenvalue weighted by Crippen LogP contribution is 2.45. The summed E-state index contributed by atoms with van der Waals surface area (Å²) in [6, 6.07) is 30.8. The van der Waals surface area contributed by atoms with Gasteiger partial charge in [-0.3, -0.25) is 4.79 Å². The number of nitrogens with zero attached hydrogens (tertiary/aromatic N) is 1. The van der Waals surface area contributed by atoms with Gasteiger partial charge in [-0.2, -0.15) is 0 Å². The minimum Gasteiger partial charge on any atom is -0.489 e. The van der Waals surface area contributed by atoms with Crippen LogP contribution in [0.3, 0.4) is 0 Å². The van der Waals surface area contributed by atoms with E-state index in [0.717, 1.165) is 33.3 Å². The Morgan fingerprint density at radius 1 is 0.952 bits per heavy atom. The zero-order valence-electron chi connectivity index (χ0n) is 22.2. The largest absolute Gasteiger partial charge is 0.489 e. The van der Waals surface area contributed by atoms with Crippen LogP contribution < -0.4 is 14.2 Å². The van der Waals surface area contributed by atoms with Crippen molar-refractivity contribution in [3.05, 3.63) is 131 Å². The number of hydrogen-bond donors (Lipinski definition) is 1. The van der Waals surface area contributed by atoms with Crippen molar-refractivity contribution in [3.63, 3.8) is 0 Å². The maximum absolute atomic E-state index is 12.8. The lowest BCUT2D eigenvalue weighted by Crippen LogP contribution is -2.32. The van der Waals surface area contributed by atoms with E-state index in [1.807, 2.05) is 72.8 Å². The molecule has 0 aliphatic carbocycles. The van der Waals surface area contributed by atoms with Crippen LogP contribution in [0.5, 0.6) is 11.5 Å². The summed E-state index contributed by atoms with van der Waals surface area (Å²) in [7, 11) is -3.97. The highest BCUT2D eigenvalue weighted by atomic mass is 35.5. The maximum Gasteiger partial charge on any atom is 0.264 e. The Labute approximate surface area is 252 Å². The van der Waals surface area contributed by atoms with Crippen LogP contribution in [-0.4, -0.2) is 25.1 Å². The number of halogens is 1. The molecule has 1 unspecified atom stereocenters. The van der Waals surface area contributed by atoms with Gasteiger partial charge in [0, 0.05) is 16.0 Å². The van der Waals surface area contributed by atoms with Crippen molar-refractivity contribution in [2.24, 2.45) is 0 Å². The average Bonchev–Trinajstić information content (AvgIpc) is 3.15. The van der Waals surface area contributed by atoms with Gasteiger partial charge in [0.25, 0.3) is 10.0 Å². The van der Waals surface area contributed by atoms with Crippen LogP contribution in [-0.2, 0) is 28.0 Å². The molecule has 0 fully saturated rings. The van der Waals surface area contributed by atoms with E-state index < -0.39 is 15.9 Å². The number of carbonyl (C=O) groups is 1. The molecule has 42 heavy (non-hydrogen) atoms. The van der Waals surface area contributed by atoms with Gasteiger partial charge in [-0.25, -0.2) is 18.1 Å². The van der Waals surface area contributed by atoms with Crippen LogP contribution in [0.2, 0.25) is 5.02 Å². The smallest absolute Gasteiger partial charge is 0.264 e. The van der Waals surface area contributed by atoms with Crippen LogP contribution in [0.4, 0.5) is 0 Å². The first-order valence-corrected chi connectivity index (χ1v) is 16.0. The van der Waals surface area contributed by atoms with Crippen LogP contribution in [0.1, 0.15) is 27.6 Å². The van der Waals surface area contributed by atoms with E-state index in [1.54, 1.807) is 18.2 Å². The summed E-state index contributed by atoms with van der Waals surface area (Å²) in [5.41, 5.74) is 4.36. The SMILES string of the molecule is O=C(CSC1c2ccccc2COc2ccc(OCc3ccc4ccc(Cl)cc4n3)cc21)NS(=O)(=O)c1ccccc1. The van der Waals surface area contributed by atoms with Crippen molar-refractivity contribution < 1.29 is 22.7 Å². The minimum absolute atomic E-state index is 0.0349. The van der Waals surface area contributed by atoms with Crippen LogP contribution in [0, 0.1) is 0 Å². The summed E-state index contributed by atoms with van der Waals surface area (Å²) >= 11 is 7.47. The number of ether oxygens (including phenoxy) is 2. The highest BCUT2D eigenvalue weighted by molar-refractivity contribution is 8.00. The Balaban J connectivity index is 1.23. The third-order valence-electron chi connectivity index (χ3n) is 6.77. The van der Waals surface area contributed by atoms with Crippen molar-refractivity contribution in [1.29, 1.82) is 0 Å². The molecule has 1 amide bonds. The van der Waals surface area contributed by atoms with Crippen molar-refractivity contribution in [1.82, 2.24) is 9.71 Å². The third-order valence-corrected chi connectivity index (χ3v) is 9.66. The molecule has 0 spiro atoms. The summed E-state index contributed by atoms with van der Waals surface area (Å²) in [5.74, 6) is 0.598. The van der Waals surface area contributed by atoms with Gasteiger partial charge >= 0.3 is 0 Å². The third kappa shape index (κ3) is 6.23. The molecule has 212 valence electrons. The molecule has 0 saturated carbocycles. The van der Waals surface area contributed by atoms with E-state index >= 15 is 0 Å². The Hall–Kier alpha value is -4.05. The molecule has 10 heteroatoms. The number of aromatic nitrogens is 1. The Kier molecular flexibility index (Phi) is 8.06. The van der Waals surface area contributed by atoms with E-state index in [2.05, 4.69) is 9.71 Å². The second kappa shape index (κ2) is 12.1. The Morgan fingerprint density at radius 3 is 2.60 bits per heavy atom. The number of thioether (sulfide) groups is 1. The van der Waals surface area contributed by atoms with Crippen molar-refractivity contribution in [2.75, 3.05) is 5.75 Å². The molecule has 5 aromatic rings. The Bertz CT molecular complexity index is 1880. The van der Waals surface area contributed by atoms with Crippen LogP contribution in [0.15, 0.2) is 108 Å². The Morgan fingerprint density at radius 2 is 1.74 bits per heavy atom. The molecule has 1 aliphatic rings. The number of sulfonamides is 1. The molecule has 1 N–H and O–H groups in total. The molecule has 0 bridgehead atoms. The van der Waals surface area contributed by atoms with Crippen molar-refractivity contribution in [2.45, 2.75) is 23.4 Å². The first kappa shape index (κ1) is 28.1. The predicted octanol–water partition coefficient (Wildman–Crippen LogP) is 6.69. The molecule has 4 aromatic carbocycles. The molecule has 0 saturated heterocycles. The normalized spacial score (nSPS) is 14.3. The van der Waals surface area contributed by atoms with E-state index in [-0.39, 0.29) is 22.5 Å². The minimum atomic E-state index is -3.97. The van der Waals surface area contributed by atoms with Crippen LogP contribution in [0.25, 0.3) is 10.9 Å². The number of benzene rings is 4. The fraction of sp³-hybridized carbons (Fsp3) is 0.125. The average molecular weight is 617 g/mol. The first-order chi connectivity index (χ1) is 20.4. The molecule has 6 rings (SSSR count). The number of pyridine rings is 1. The molecule has 1 aromatic heterocycles. The molecule has 7 nitrogen and oxygen atoms in total. The number of nitrogens with one attached hydrogen (secondary N) is 1. The second-order valence-corrected chi connectivity index (χ2v) is 12.9. The van der Waals surface area contributed by atoms with Gasteiger partial charge in [0.1, 0.15) is 24.7 Å². The monoisotopic (exact) mass is 616 g/mol. The first-order valence-electron chi connectivity index (χ1n) is 13.1. The van der Waals surface area contributed by atoms with Crippen LogP contribution >= 0.6 is 23.4 Å². The molecule has 1 aliphatic heterocycles. The van der Waals surface area contributed by atoms with Crippen molar-refractivity contribution in [3.8, 4) is 11.5 Å².